The van der Waals surface area contributed by atoms with Gasteiger partial charge in [0.05, 0.1) is 0 Å². The summed E-state index contributed by atoms with van der Waals surface area (Å²) < 4.78 is 0. The highest BCUT2D eigenvalue weighted by molar-refractivity contribution is 5.55. The van der Waals surface area contributed by atoms with Gasteiger partial charge in [-0.2, -0.15) is 0 Å². The molecule has 0 fully saturated rings. The van der Waals surface area contributed by atoms with Gasteiger partial charge >= 0.3 is 0 Å². The molecule has 0 saturated heterocycles. The van der Waals surface area contributed by atoms with E-state index in [1.54, 1.807) is 0 Å². The highest BCUT2D eigenvalue weighted by Gasteiger charge is 2.17. The van der Waals surface area contributed by atoms with Crippen LogP contribution in [0, 0.1) is 6.92 Å². The summed E-state index contributed by atoms with van der Waals surface area (Å²) in [6.45, 7) is 1.96. The zero-order valence-corrected chi connectivity index (χ0v) is 10.5. The highest BCUT2D eigenvalue weighted by Crippen LogP contribution is 2.26. The number of fused-ring (bicyclic) bond motifs is 1. The number of rotatable bonds is 1. The van der Waals surface area contributed by atoms with Crippen LogP contribution in [-0.4, -0.2) is 15.0 Å². The zero-order valence-electron chi connectivity index (χ0n) is 10.5. The van der Waals surface area contributed by atoms with Crippen LogP contribution in [0.2, 0.25) is 0 Å². The van der Waals surface area contributed by atoms with Crippen molar-refractivity contribution in [1.29, 1.82) is 0 Å². The average Bonchev–Trinajstić information content (AvgIpc) is 2.39. The van der Waals surface area contributed by atoms with E-state index in [0.29, 0.717) is 11.6 Å². The Labute approximate surface area is 106 Å². The largest absolute Gasteiger partial charge is 0.383 e. The molecule has 18 heavy (non-hydrogen) atoms. The van der Waals surface area contributed by atoms with E-state index in [1.165, 1.54) is 12.8 Å². The van der Waals surface area contributed by atoms with Crippen LogP contribution in [0.15, 0.2) is 18.2 Å². The van der Waals surface area contributed by atoms with Gasteiger partial charge in [0.2, 0.25) is 0 Å². The second-order valence-electron chi connectivity index (χ2n) is 4.73. The molecule has 0 unspecified atom stereocenters. The van der Waals surface area contributed by atoms with Crippen LogP contribution in [0.1, 0.15) is 29.8 Å². The predicted octanol–water partition coefficient (Wildman–Crippen LogP) is 2.31. The molecule has 4 heteroatoms. The van der Waals surface area contributed by atoms with Crippen LogP contribution in [0.3, 0.4) is 0 Å². The number of aryl methyl sites for hydroxylation is 2. The fraction of sp³-hybridized carbons (Fsp3) is 0.357. The summed E-state index contributed by atoms with van der Waals surface area (Å²) in [6.07, 6.45) is 4.37. The van der Waals surface area contributed by atoms with Gasteiger partial charge in [0.25, 0.3) is 0 Å². The number of hydrogen-bond acceptors (Lipinski definition) is 4. The number of nitrogens with zero attached hydrogens (tertiary/aromatic N) is 3. The van der Waals surface area contributed by atoms with Crippen molar-refractivity contribution < 1.29 is 0 Å². The standard InChI is InChI=1S/C14H16N4/c1-9-5-4-8-12(16-9)14-17-11-7-3-2-6-10(11)13(15)18-14/h4-5,8H,2-3,6-7H2,1H3,(H2,15,17,18). The summed E-state index contributed by atoms with van der Waals surface area (Å²) in [5.41, 5.74) is 10.0. The van der Waals surface area contributed by atoms with Gasteiger partial charge in [0.15, 0.2) is 5.82 Å². The van der Waals surface area contributed by atoms with E-state index in [9.17, 15) is 0 Å². The molecule has 2 aromatic heterocycles. The Morgan fingerprint density at radius 3 is 2.72 bits per heavy atom. The smallest absolute Gasteiger partial charge is 0.180 e. The molecular formula is C14H16N4. The minimum atomic E-state index is 0.623. The quantitative estimate of drug-likeness (QED) is 0.830. The van der Waals surface area contributed by atoms with Gasteiger partial charge < -0.3 is 5.73 Å². The lowest BCUT2D eigenvalue weighted by atomic mass is 9.96. The van der Waals surface area contributed by atoms with Gasteiger partial charge in [-0.05, 0) is 44.7 Å². The van der Waals surface area contributed by atoms with Crippen LogP contribution in [-0.2, 0) is 12.8 Å². The van der Waals surface area contributed by atoms with Gasteiger partial charge in [-0.15, -0.1) is 0 Å². The molecule has 4 nitrogen and oxygen atoms in total. The molecule has 2 aromatic rings. The SMILES string of the molecule is Cc1cccc(-c2nc(N)c3c(n2)CCCC3)n1. The Morgan fingerprint density at radius 1 is 1.06 bits per heavy atom. The lowest BCUT2D eigenvalue weighted by Crippen LogP contribution is -2.12. The van der Waals surface area contributed by atoms with Crippen molar-refractivity contribution in [2.45, 2.75) is 32.6 Å². The van der Waals surface area contributed by atoms with Gasteiger partial charge in [0.1, 0.15) is 11.5 Å². The normalized spacial score (nSPS) is 14.3. The molecule has 0 bridgehead atoms. The van der Waals surface area contributed by atoms with E-state index in [0.717, 1.165) is 35.5 Å². The van der Waals surface area contributed by atoms with E-state index < -0.39 is 0 Å². The zero-order chi connectivity index (χ0) is 12.5. The van der Waals surface area contributed by atoms with Crippen molar-refractivity contribution in [3.63, 3.8) is 0 Å². The fourth-order valence-electron chi connectivity index (χ4n) is 2.41. The molecule has 0 spiro atoms. The summed E-state index contributed by atoms with van der Waals surface area (Å²) >= 11 is 0. The van der Waals surface area contributed by atoms with Crippen molar-refractivity contribution in [3.8, 4) is 11.5 Å². The summed E-state index contributed by atoms with van der Waals surface area (Å²) in [4.78, 5) is 13.5. The van der Waals surface area contributed by atoms with Crippen molar-refractivity contribution >= 4 is 5.82 Å². The minimum absolute atomic E-state index is 0.623. The number of aromatic nitrogens is 3. The maximum Gasteiger partial charge on any atom is 0.180 e. The number of nitrogens with two attached hydrogens (primary N) is 1. The monoisotopic (exact) mass is 240 g/mol. The number of hydrogen-bond donors (Lipinski definition) is 1. The first-order valence-corrected chi connectivity index (χ1v) is 6.33. The van der Waals surface area contributed by atoms with Crippen molar-refractivity contribution in [2.75, 3.05) is 5.73 Å². The molecule has 0 atom stereocenters. The molecule has 0 aliphatic heterocycles. The molecule has 92 valence electrons. The van der Waals surface area contributed by atoms with Gasteiger partial charge in [-0.3, -0.25) is 0 Å². The van der Waals surface area contributed by atoms with Crippen LogP contribution in [0.25, 0.3) is 11.5 Å². The molecule has 0 radical (unpaired) electrons. The first-order valence-electron chi connectivity index (χ1n) is 6.33. The summed E-state index contributed by atoms with van der Waals surface area (Å²) in [5, 5.41) is 0. The minimum Gasteiger partial charge on any atom is -0.383 e. The maximum absolute atomic E-state index is 6.04. The van der Waals surface area contributed by atoms with Gasteiger partial charge in [-0.25, -0.2) is 15.0 Å². The third-order valence-corrected chi connectivity index (χ3v) is 3.33. The van der Waals surface area contributed by atoms with Crippen LogP contribution < -0.4 is 5.73 Å². The van der Waals surface area contributed by atoms with Crippen LogP contribution in [0.5, 0.6) is 0 Å². The van der Waals surface area contributed by atoms with E-state index in [1.807, 2.05) is 25.1 Å². The Bertz CT molecular complexity index is 592. The lowest BCUT2D eigenvalue weighted by molar-refractivity contribution is 0.665. The van der Waals surface area contributed by atoms with Crippen molar-refractivity contribution in [1.82, 2.24) is 15.0 Å². The molecule has 2 N–H and O–H groups in total. The first kappa shape index (κ1) is 11.1. The Kier molecular flexibility index (Phi) is 2.70. The van der Waals surface area contributed by atoms with Gasteiger partial charge in [0, 0.05) is 17.0 Å². The number of nitrogen functional groups attached to an aromatic ring is 1. The Morgan fingerprint density at radius 2 is 1.89 bits per heavy atom. The third-order valence-electron chi connectivity index (χ3n) is 3.33. The molecule has 2 heterocycles. The molecule has 0 amide bonds. The average molecular weight is 240 g/mol. The Hall–Kier alpha value is -1.97. The van der Waals surface area contributed by atoms with E-state index in [4.69, 9.17) is 5.73 Å². The molecule has 3 rings (SSSR count). The summed E-state index contributed by atoms with van der Waals surface area (Å²) in [7, 11) is 0. The van der Waals surface area contributed by atoms with E-state index >= 15 is 0 Å². The topological polar surface area (TPSA) is 64.7 Å². The molecule has 0 aromatic carbocycles. The number of pyridine rings is 1. The molecule has 1 aliphatic carbocycles. The summed E-state index contributed by atoms with van der Waals surface area (Å²) in [5.74, 6) is 1.27. The van der Waals surface area contributed by atoms with E-state index in [-0.39, 0.29) is 0 Å². The van der Waals surface area contributed by atoms with Gasteiger partial charge in [-0.1, -0.05) is 6.07 Å². The first-order chi connectivity index (χ1) is 8.74. The lowest BCUT2D eigenvalue weighted by Gasteiger charge is -2.16. The summed E-state index contributed by atoms with van der Waals surface area (Å²) in [6, 6.07) is 5.86. The number of anilines is 1. The highest BCUT2D eigenvalue weighted by atomic mass is 15.0. The molecular weight excluding hydrogens is 224 g/mol. The molecule has 1 aliphatic rings. The fourth-order valence-corrected chi connectivity index (χ4v) is 2.41. The van der Waals surface area contributed by atoms with Crippen molar-refractivity contribution in [2.24, 2.45) is 0 Å². The second kappa shape index (κ2) is 4.37. The van der Waals surface area contributed by atoms with Crippen molar-refractivity contribution in [3.05, 3.63) is 35.2 Å². The van der Waals surface area contributed by atoms with Crippen LogP contribution in [0.4, 0.5) is 5.82 Å². The Balaban J connectivity index is 2.11. The third kappa shape index (κ3) is 1.94. The molecule has 0 saturated carbocycles. The predicted molar refractivity (Wildman–Crippen MR) is 71.1 cm³/mol. The second-order valence-corrected chi connectivity index (χ2v) is 4.73. The van der Waals surface area contributed by atoms with E-state index in [2.05, 4.69) is 15.0 Å². The van der Waals surface area contributed by atoms with Crippen LogP contribution >= 0.6 is 0 Å². The maximum atomic E-state index is 6.04.